The Bertz CT molecular complexity index is 702. The van der Waals surface area contributed by atoms with Gasteiger partial charge in [0.2, 0.25) is 0 Å². The third-order valence-corrected chi connectivity index (χ3v) is 3.57. The fourth-order valence-electron chi connectivity index (χ4n) is 2.13. The van der Waals surface area contributed by atoms with Gasteiger partial charge in [-0.1, -0.05) is 32.9 Å². The van der Waals surface area contributed by atoms with Gasteiger partial charge in [-0.2, -0.15) is 0 Å². The minimum Gasteiger partial charge on any atom is -0.506 e. The average Bonchev–Trinajstić information content (AvgIpc) is 2.54. The van der Waals surface area contributed by atoms with Crippen molar-refractivity contribution >= 4 is 11.6 Å². The summed E-state index contributed by atoms with van der Waals surface area (Å²) in [7, 11) is 1.51. The number of aromatic hydroxyl groups is 1. The Kier molecular flexibility index (Phi) is 5.34. The molecule has 0 saturated heterocycles. The van der Waals surface area contributed by atoms with Crippen LogP contribution in [0.5, 0.6) is 17.2 Å². The topological polar surface area (TPSA) is 67.8 Å². The lowest BCUT2D eigenvalue weighted by Crippen LogP contribution is -2.20. The fourth-order valence-corrected chi connectivity index (χ4v) is 2.13. The number of carbonyl (C=O) groups excluding carboxylic acids is 1. The van der Waals surface area contributed by atoms with Crippen molar-refractivity contribution in [3.63, 3.8) is 0 Å². The number of carbonyl (C=O) groups is 1. The molecule has 0 unspecified atom stereocenters. The van der Waals surface area contributed by atoms with Crippen LogP contribution in [0.15, 0.2) is 42.5 Å². The van der Waals surface area contributed by atoms with Gasteiger partial charge >= 0.3 is 0 Å². The van der Waals surface area contributed by atoms with Gasteiger partial charge in [0.1, 0.15) is 17.2 Å². The Morgan fingerprint density at radius 3 is 2.25 bits per heavy atom. The summed E-state index contributed by atoms with van der Waals surface area (Å²) in [5.41, 5.74) is 1.58. The van der Waals surface area contributed by atoms with Crippen molar-refractivity contribution < 1.29 is 19.4 Å². The molecule has 0 aliphatic rings. The smallest absolute Gasteiger partial charge is 0.262 e. The summed E-state index contributed by atoms with van der Waals surface area (Å²) in [6.45, 7) is 6.27. The predicted molar refractivity (Wildman–Crippen MR) is 93.9 cm³/mol. The summed E-state index contributed by atoms with van der Waals surface area (Å²) in [5.74, 6) is 0.727. The molecule has 0 spiro atoms. The minimum absolute atomic E-state index is 0.0581. The summed E-state index contributed by atoms with van der Waals surface area (Å²) in [6.07, 6.45) is 0. The molecule has 0 heterocycles. The predicted octanol–water partition coefficient (Wildman–Crippen LogP) is 3.72. The van der Waals surface area contributed by atoms with Crippen LogP contribution in [0, 0.1) is 0 Å². The first kappa shape index (κ1) is 17.7. The quantitative estimate of drug-likeness (QED) is 0.821. The second-order valence-electron chi connectivity index (χ2n) is 6.49. The summed E-state index contributed by atoms with van der Waals surface area (Å²) in [6, 6.07) is 12.3. The number of rotatable bonds is 5. The number of benzene rings is 2. The second kappa shape index (κ2) is 7.25. The molecule has 128 valence electrons. The highest BCUT2D eigenvalue weighted by Gasteiger charge is 2.13. The molecule has 2 N–H and O–H groups in total. The van der Waals surface area contributed by atoms with Gasteiger partial charge in [0.15, 0.2) is 6.61 Å². The maximum absolute atomic E-state index is 11.9. The molecule has 0 aliphatic carbocycles. The van der Waals surface area contributed by atoms with Crippen molar-refractivity contribution in [3.8, 4) is 17.2 Å². The van der Waals surface area contributed by atoms with E-state index in [9.17, 15) is 9.90 Å². The van der Waals surface area contributed by atoms with E-state index < -0.39 is 0 Å². The normalized spacial score (nSPS) is 11.0. The first-order chi connectivity index (χ1) is 11.3. The van der Waals surface area contributed by atoms with E-state index in [1.165, 1.54) is 18.7 Å². The third kappa shape index (κ3) is 4.65. The molecule has 0 atom stereocenters. The number of methoxy groups -OCH3 is 1. The molecule has 0 radical (unpaired) electrons. The second-order valence-corrected chi connectivity index (χ2v) is 6.49. The number of phenols is 1. The highest BCUT2D eigenvalue weighted by Crippen LogP contribution is 2.28. The Morgan fingerprint density at radius 2 is 1.71 bits per heavy atom. The number of anilines is 1. The van der Waals surface area contributed by atoms with Crippen LogP contribution in [0.25, 0.3) is 0 Å². The summed E-state index contributed by atoms with van der Waals surface area (Å²) >= 11 is 0. The average molecular weight is 329 g/mol. The SMILES string of the molecule is COc1ccc(NC(=O)COc2ccc(C(C)(C)C)cc2)c(O)c1. The van der Waals surface area contributed by atoms with Gasteiger partial charge in [-0.05, 0) is 35.2 Å². The van der Waals surface area contributed by atoms with Gasteiger partial charge in [-0.15, -0.1) is 0 Å². The number of hydrogen-bond acceptors (Lipinski definition) is 4. The number of amides is 1. The zero-order valence-electron chi connectivity index (χ0n) is 14.4. The molecule has 2 aromatic carbocycles. The van der Waals surface area contributed by atoms with Crippen molar-refractivity contribution in [2.45, 2.75) is 26.2 Å². The van der Waals surface area contributed by atoms with E-state index in [1.807, 2.05) is 24.3 Å². The van der Waals surface area contributed by atoms with E-state index >= 15 is 0 Å². The highest BCUT2D eigenvalue weighted by atomic mass is 16.5. The minimum atomic E-state index is -0.352. The van der Waals surface area contributed by atoms with E-state index in [0.29, 0.717) is 17.2 Å². The van der Waals surface area contributed by atoms with Gasteiger partial charge in [0.25, 0.3) is 5.91 Å². The maximum atomic E-state index is 11.9. The van der Waals surface area contributed by atoms with Crippen LogP contribution in [0.2, 0.25) is 0 Å². The molecule has 2 rings (SSSR count). The van der Waals surface area contributed by atoms with Gasteiger partial charge in [-0.25, -0.2) is 0 Å². The van der Waals surface area contributed by atoms with E-state index in [-0.39, 0.29) is 23.7 Å². The van der Waals surface area contributed by atoms with Crippen molar-refractivity contribution in [1.82, 2.24) is 0 Å². The molecule has 0 bridgehead atoms. The molecular formula is C19H23NO4. The van der Waals surface area contributed by atoms with Gasteiger partial charge in [-0.3, -0.25) is 4.79 Å². The number of nitrogens with one attached hydrogen (secondary N) is 1. The maximum Gasteiger partial charge on any atom is 0.262 e. The van der Waals surface area contributed by atoms with E-state index in [1.54, 1.807) is 12.1 Å². The molecule has 5 heteroatoms. The van der Waals surface area contributed by atoms with Crippen LogP contribution in [-0.4, -0.2) is 24.7 Å². The van der Waals surface area contributed by atoms with Gasteiger partial charge < -0.3 is 19.9 Å². The van der Waals surface area contributed by atoms with E-state index in [4.69, 9.17) is 9.47 Å². The van der Waals surface area contributed by atoms with Crippen LogP contribution >= 0.6 is 0 Å². The largest absolute Gasteiger partial charge is 0.506 e. The zero-order valence-corrected chi connectivity index (χ0v) is 14.4. The van der Waals surface area contributed by atoms with Crippen LogP contribution in [0.4, 0.5) is 5.69 Å². The Labute approximate surface area is 142 Å². The van der Waals surface area contributed by atoms with Crippen molar-refractivity contribution in [3.05, 3.63) is 48.0 Å². The van der Waals surface area contributed by atoms with E-state index in [0.717, 1.165) is 0 Å². The van der Waals surface area contributed by atoms with Crippen LogP contribution in [0.1, 0.15) is 26.3 Å². The van der Waals surface area contributed by atoms with Gasteiger partial charge in [0.05, 0.1) is 12.8 Å². The monoisotopic (exact) mass is 329 g/mol. The lowest BCUT2D eigenvalue weighted by Gasteiger charge is -2.19. The molecule has 24 heavy (non-hydrogen) atoms. The third-order valence-electron chi connectivity index (χ3n) is 3.57. The Morgan fingerprint density at radius 1 is 1.08 bits per heavy atom. The Balaban J connectivity index is 1.91. The number of hydrogen-bond donors (Lipinski definition) is 2. The molecule has 0 saturated carbocycles. The van der Waals surface area contributed by atoms with Gasteiger partial charge in [0, 0.05) is 6.07 Å². The van der Waals surface area contributed by atoms with Crippen molar-refractivity contribution in [1.29, 1.82) is 0 Å². The van der Waals surface area contributed by atoms with Crippen LogP contribution in [0.3, 0.4) is 0 Å². The molecule has 1 amide bonds. The number of phenolic OH excluding ortho intramolecular Hbond substituents is 1. The standard InChI is InChI=1S/C19H23NO4/c1-19(2,3)13-5-7-14(8-6-13)24-12-18(22)20-16-10-9-15(23-4)11-17(16)21/h5-11,21H,12H2,1-4H3,(H,20,22). The molecule has 0 aliphatic heterocycles. The lowest BCUT2D eigenvalue weighted by atomic mass is 9.87. The molecular weight excluding hydrogens is 306 g/mol. The zero-order chi connectivity index (χ0) is 17.7. The Hall–Kier alpha value is -2.69. The number of ether oxygens (including phenoxy) is 2. The summed E-state index contributed by atoms with van der Waals surface area (Å²) in [4.78, 5) is 11.9. The van der Waals surface area contributed by atoms with Crippen molar-refractivity contribution in [2.75, 3.05) is 19.0 Å². The molecule has 2 aromatic rings. The first-order valence-electron chi connectivity index (χ1n) is 7.70. The van der Waals surface area contributed by atoms with Crippen LogP contribution in [-0.2, 0) is 10.2 Å². The fraction of sp³-hybridized carbons (Fsp3) is 0.316. The highest BCUT2D eigenvalue weighted by molar-refractivity contribution is 5.93. The van der Waals surface area contributed by atoms with E-state index in [2.05, 4.69) is 26.1 Å². The molecule has 0 fully saturated rings. The molecule has 5 nitrogen and oxygen atoms in total. The first-order valence-corrected chi connectivity index (χ1v) is 7.70. The lowest BCUT2D eigenvalue weighted by molar-refractivity contribution is -0.118. The summed E-state index contributed by atoms with van der Waals surface area (Å²) < 4.78 is 10.5. The molecule has 0 aromatic heterocycles. The summed E-state index contributed by atoms with van der Waals surface area (Å²) in [5, 5.41) is 12.4. The van der Waals surface area contributed by atoms with Crippen molar-refractivity contribution in [2.24, 2.45) is 0 Å². The van der Waals surface area contributed by atoms with Crippen LogP contribution < -0.4 is 14.8 Å².